The summed E-state index contributed by atoms with van der Waals surface area (Å²) in [6, 6.07) is 0.314. The smallest absolute Gasteiger partial charge is 0.189 e. The molecule has 0 aromatic carbocycles. The first-order chi connectivity index (χ1) is 8.58. The zero-order valence-electron chi connectivity index (χ0n) is 11.5. The third kappa shape index (κ3) is 2.83. The zero-order valence-corrected chi connectivity index (χ0v) is 11.5. The van der Waals surface area contributed by atoms with Crippen molar-refractivity contribution in [2.45, 2.75) is 52.1 Å². The van der Waals surface area contributed by atoms with E-state index < -0.39 is 0 Å². The van der Waals surface area contributed by atoms with Gasteiger partial charge in [0.15, 0.2) is 5.96 Å². The third-order valence-corrected chi connectivity index (χ3v) is 3.28. The number of aromatic nitrogens is 2. The van der Waals surface area contributed by atoms with Crippen LogP contribution in [-0.4, -0.2) is 21.8 Å². The Morgan fingerprint density at radius 2 is 2.17 bits per heavy atom. The number of fused-ring (bicyclic) bond motifs is 1. The van der Waals surface area contributed by atoms with Gasteiger partial charge >= 0.3 is 0 Å². The Kier molecular flexibility index (Phi) is 3.89. The summed E-state index contributed by atoms with van der Waals surface area (Å²) in [5.74, 6) is 0.510. The standard InChI is InChI=1S/C13H23N5/c1-9(2)16-13(14)15-8-12-10-6-4-5-7-11(10)17-18(12)3/h9H,4-8H2,1-3H3,(H3,14,15,16). The van der Waals surface area contributed by atoms with Crippen molar-refractivity contribution >= 4 is 5.96 Å². The van der Waals surface area contributed by atoms with Crippen molar-refractivity contribution in [2.24, 2.45) is 17.8 Å². The van der Waals surface area contributed by atoms with E-state index in [0.717, 1.165) is 12.8 Å². The molecule has 1 heterocycles. The molecule has 1 aromatic heterocycles. The Morgan fingerprint density at radius 1 is 1.44 bits per heavy atom. The summed E-state index contributed by atoms with van der Waals surface area (Å²) < 4.78 is 1.96. The minimum Gasteiger partial charge on any atom is -0.370 e. The van der Waals surface area contributed by atoms with Crippen molar-refractivity contribution in [3.8, 4) is 0 Å². The molecule has 100 valence electrons. The number of rotatable bonds is 3. The highest BCUT2D eigenvalue weighted by atomic mass is 15.3. The molecule has 0 unspecified atom stereocenters. The van der Waals surface area contributed by atoms with E-state index in [0.29, 0.717) is 18.5 Å². The van der Waals surface area contributed by atoms with Crippen LogP contribution in [0.3, 0.4) is 0 Å². The summed E-state index contributed by atoms with van der Waals surface area (Å²) in [7, 11) is 2.00. The summed E-state index contributed by atoms with van der Waals surface area (Å²) in [4.78, 5) is 4.40. The van der Waals surface area contributed by atoms with Crippen molar-refractivity contribution in [3.63, 3.8) is 0 Å². The van der Waals surface area contributed by atoms with Crippen molar-refractivity contribution in [1.29, 1.82) is 0 Å². The largest absolute Gasteiger partial charge is 0.370 e. The first-order valence-corrected chi connectivity index (χ1v) is 6.68. The van der Waals surface area contributed by atoms with Gasteiger partial charge in [-0.1, -0.05) is 0 Å². The lowest BCUT2D eigenvalue weighted by atomic mass is 9.96. The minimum atomic E-state index is 0.314. The Balaban J connectivity index is 2.12. The van der Waals surface area contributed by atoms with E-state index in [1.165, 1.54) is 29.8 Å². The highest BCUT2D eigenvalue weighted by Crippen LogP contribution is 2.23. The molecule has 0 radical (unpaired) electrons. The van der Waals surface area contributed by atoms with Crippen LogP contribution in [0, 0.1) is 0 Å². The Hall–Kier alpha value is -1.52. The van der Waals surface area contributed by atoms with E-state index in [2.05, 4.69) is 15.4 Å². The summed E-state index contributed by atoms with van der Waals surface area (Å²) >= 11 is 0. The van der Waals surface area contributed by atoms with Crippen molar-refractivity contribution in [2.75, 3.05) is 0 Å². The maximum absolute atomic E-state index is 5.83. The molecule has 0 spiro atoms. The minimum absolute atomic E-state index is 0.314. The Morgan fingerprint density at radius 3 is 2.89 bits per heavy atom. The molecule has 0 saturated carbocycles. The quantitative estimate of drug-likeness (QED) is 0.623. The van der Waals surface area contributed by atoms with Gasteiger partial charge in [-0.05, 0) is 45.1 Å². The number of hydrogen-bond acceptors (Lipinski definition) is 2. The third-order valence-electron chi connectivity index (χ3n) is 3.28. The van der Waals surface area contributed by atoms with Gasteiger partial charge in [0.05, 0.1) is 17.9 Å². The molecule has 0 bridgehead atoms. The molecule has 1 aromatic rings. The number of aliphatic imine (C=N–C) groups is 1. The van der Waals surface area contributed by atoms with Crippen molar-refractivity contribution in [3.05, 3.63) is 17.0 Å². The lowest BCUT2D eigenvalue weighted by molar-refractivity contribution is 0.663. The molecule has 0 saturated heterocycles. The predicted octanol–water partition coefficient (Wildman–Crippen LogP) is 1.11. The van der Waals surface area contributed by atoms with Crippen molar-refractivity contribution < 1.29 is 0 Å². The summed E-state index contributed by atoms with van der Waals surface area (Å²) in [6.07, 6.45) is 4.75. The molecule has 1 aliphatic rings. The van der Waals surface area contributed by atoms with Gasteiger partial charge in [-0.15, -0.1) is 0 Å². The van der Waals surface area contributed by atoms with Gasteiger partial charge in [-0.25, -0.2) is 4.99 Å². The molecule has 0 atom stereocenters. The number of nitrogens with one attached hydrogen (secondary N) is 1. The number of hydrogen-bond donors (Lipinski definition) is 2. The first kappa shape index (κ1) is 12.9. The van der Waals surface area contributed by atoms with Gasteiger partial charge in [-0.2, -0.15) is 5.10 Å². The second-order valence-corrected chi connectivity index (χ2v) is 5.20. The maximum Gasteiger partial charge on any atom is 0.189 e. The van der Waals surface area contributed by atoms with E-state index >= 15 is 0 Å². The van der Waals surface area contributed by atoms with Crippen LogP contribution in [0.15, 0.2) is 4.99 Å². The Labute approximate surface area is 108 Å². The van der Waals surface area contributed by atoms with Crippen LogP contribution in [0.5, 0.6) is 0 Å². The lowest BCUT2D eigenvalue weighted by Crippen LogP contribution is -2.36. The molecule has 0 aliphatic heterocycles. The van der Waals surface area contributed by atoms with E-state index in [9.17, 15) is 0 Å². The summed E-state index contributed by atoms with van der Waals surface area (Å²) in [5.41, 5.74) is 9.68. The number of guanidine groups is 1. The predicted molar refractivity (Wildman–Crippen MR) is 73.4 cm³/mol. The number of nitrogens with two attached hydrogens (primary N) is 1. The Bertz CT molecular complexity index is 444. The monoisotopic (exact) mass is 249 g/mol. The van der Waals surface area contributed by atoms with Crippen LogP contribution >= 0.6 is 0 Å². The second kappa shape index (κ2) is 5.42. The van der Waals surface area contributed by atoms with E-state index in [-0.39, 0.29) is 0 Å². The maximum atomic E-state index is 5.83. The average molecular weight is 249 g/mol. The normalized spacial score (nSPS) is 15.9. The fraction of sp³-hybridized carbons (Fsp3) is 0.692. The van der Waals surface area contributed by atoms with Gasteiger partial charge < -0.3 is 11.1 Å². The van der Waals surface area contributed by atoms with E-state index in [4.69, 9.17) is 5.73 Å². The fourth-order valence-corrected chi connectivity index (χ4v) is 2.45. The molecule has 5 heteroatoms. The highest BCUT2D eigenvalue weighted by Gasteiger charge is 2.18. The van der Waals surface area contributed by atoms with Gasteiger partial charge in [0.2, 0.25) is 0 Å². The number of nitrogens with zero attached hydrogens (tertiary/aromatic N) is 3. The van der Waals surface area contributed by atoms with Crippen LogP contribution < -0.4 is 11.1 Å². The van der Waals surface area contributed by atoms with Crippen LogP contribution in [0.4, 0.5) is 0 Å². The first-order valence-electron chi connectivity index (χ1n) is 6.68. The molecule has 5 nitrogen and oxygen atoms in total. The van der Waals surface area contributed by atoms with Gasteiger partial charge in [0, 0.05) is 13.1 Å². The fourth-order valence-electron chi connectivity index (χ4n) is 2.45. The van der Waals surface area contributed by atoms with E-state index in [1.807, 2.05) is 25.6 Å². The molecular weight excluding hydrogens is 226 g/mol. The molecule has 2 rings (SSSR count). The average Bonchev–Trinajstić information content (AvgIpc) is 2.61. The van der Waals surface area contributed by atoms with Crippen LogP contribution in [0.2, 0.25) is 0 Å². The topological polar surface area (TPSA) is 68.2 Å². The molecule has 1 aliphatic carbocycles. The van der Waals surface area contributed by atoms with Gasteiger partial charge in [0.25, 0.3) is 0 Å². The highest BCUT2D eigenvalue weighted by molar-refractivity contribution is 5.78. The SMILES string of the molecule is CC(C)NC(N)=NCc1c2c(nn1C)CCCC2. The van der Waals surface area contributed by atoms with Gasteiger partial charge in [-0.3, -0.25) is 4.68 Å². The molecule has 0 amide bonds. The van der Waals surface area contributed by atoms with Crippen LogP contribution in [0.1, 0.15) is 43.6 Å². The molecule has 3 N–H and O–H groups in total. The molecule has 18 heavy (non-hydrogen) atoms. The lowest BCUT2D eigenvalue weighted by Gasteiger charge is -2.11. The van der Waals surface area contributed by atoms with Crippen LogP contribution in [0.25, 0.3) is 0 Å². The van der Waals surface area contributed by atoms with Gasteiger partial charge in [0.1, 0.15) is 0 Å². The summed E-state index contributed by atoms with van der Waals surface area (Å²) in [5, 5.41) is 7.68. The summed E-state index contributed by atoms with van der Waals surface area (Å²) in [6.45, 7) is 4.72. The van der Waals surface area contributed by atoms with E-state index in [1.54, 1.807) is 0 Å². The molecule has 0 fully saturated rings. The zero-order chi connectivity index (χ0) is 13.1. The number of aryl methyl sites for hydroxylation is 2. The van der Waals surface area contributed by atoms with Crippen molar-refractivity contribution in [1.82, 2.24) is 15.1 Å². The van der Waals surface area contributed by atoms with Crippen LogP contribution in [-0.2, 0) is 26.4 Å². The second-order valence-electron chi connectivity index (χ2n) is 5.20. The molecular formula is C13H23N5.